The topological polar surface area (TPSA) is 58.6 Å². The maximum Gasteiger partial charge on any atom is 0.261 e. The Labute approximate surface area is 135 Å². The average Bonchev–Trinajstić information content (AvgIpc) is 2.81. The summed E-state index contributed by atoms with van der Waals surface area (Å²) in [5.41, 5.74) is 0.870. The Morgan fingerprint density at radius 3 is 2.77 bits per heavy atom. The molecule has 5 heteroatoms. The number of carbonyl (C=O) groups excluding carboxylic acids is 1. The van der Waals surface area contributed by atoms with E-state index >= 15 is 0 Å². The summed E-state index contributed by atoms with van der Waals surface area (Å²) < 4.78 is 6.33. The number of aliphatic hydroxyl groups is 1. The number of nitrogens with one attached hydrogen (secondary N) is 1. The fourth-order valence-corrected chi connectivity index (χ4v) is 3.44. The van der Waals surface area contributed by atoms with Crippen LogP contribution >= 0.6 is 11.3 Å². The number of fused-ring (bicyclic) bond motifs is 1. The standard InChI is InChI=1S/C17H23NO3S/c1-11-13-9-12(21-4)5-6-14(13)22-15(11)16(20)18-10-17(2,3)7-8-19/h5-6,9,19H,7-8,10H2,1-4H3,(H,18,20). The third-order valence-electron chi connectivity index (χ3n) is 3.87. The van der Waals surface area contributed by atoms with E-state index in [0.29, 0.717) is 13.0 Å². The minimum atomic E-state index is -0.113. The number of benzene rings is 1. The molecule has 0 bridgehead atoms. The molecular formula is C17H23NO3S. The van der Waals surface area contributed by atoms with Gasteiger partial charge < -0.3 is 15.2 Å². The first kappa shape index (κ1) is 16.8. The van der Waals surface area contributed by atoms with Gasteiger partial charge >= 0.3 is 0 Å². The Balaban J connectivity index is 2.20. The fraction of sp³-hybridized carbons (Fsp3) is 0.471. The smallest absolute Gasteiger partial charge is 0.261 e. The zero-order valence-corrected chi connectivity index (χ0v) is 14.3. The van der Waals surface area contributed by atoms with E-state index in [9.17, 15) is 4.79 Å². The molecule has 0 spiro atoms. The Hall–Kier alpha value is -1.59. The quantitative estimate of drug-likeness (QED) is 0.858. The highest BCUT2D eigenvalue weighted by Gasteiger charge is 2.21. The zero-order valence-electron chi connectivity index (χ0n) is 13.5. The third kappa shape index (κ3) is 3.59. The van der Waals surface area contributed by atoms with E-state index in [-0.39, 0.29) is 17.9 Å². The number of rotatable bonds is 6. The SMILES string of the molecule is COc1ccc2sc(C(=O)NCC(C)(C)CCO)c(C)c2c1. The van der Waals surface area contributed by atoms with E-state index in [4.69, 9.17) is 9.84 Å². The molecule has 4 nitrogen and oxygen atoms in total. The first-order chi connectivity index (χ1) is 10.4. The Bertz CT molecular complexity index is 676. The lowest BCUT2D eigenvalue weighted by Crippen LogP contribution is -2.34. The van der Waals surface area contributed by atoms with Gasteiger partial charge in [-0.1, -0.05) is 13.8 Å². The van der Waals surface area contributed by atoms with Crippen LogP contribution < -0.4 is 10.1 Å². The van der Waals surface area contributed by atoms with Crippen LogP contribution in [0.5, 0.6) is 5.75 Å². The van der Waals surface area contributed by atoms with Crippen LogP contribution in [0.15, 0.2) is 18.2 Å². The molecule has 1 heterocycles. The lowest BCUT2D eigenvalue weighted by atomic mass is 9.90. The fourth-order valence-electron chi connectivity index (χ4n) is 2.33. The number of amides is 1. The first-order valence-corrected chi connectivity index (χ1v) is 8.16. The monoisotopic (exact) mass is 321 g/mol. The molecule has 2 aromatic rings. The minimum absolute atomic E-state index is 0.0521. The Morgan fingerprint density at radius 2 is 2.14 bits per heavy atom. The van der Waals surface area contributed by atoms with Crippen molar-refractivity contribution in [1.82, 2.24) is 5.32 Å². The molecule has 1 aromatic carbocycles. The van der Waals surface area contributed by atoms with Crippen molar-refractivity contribution in [2.24, 2.45) is 5.41 Å². The molecular weight excluding hydrogens is 298 g/mol. The summed E-state index contributed by atoms with van der Waals surface area (Å²) in [6.45, 7) is 6.71. The number of ether oxygens (including phenoxy) is 1. The highest BCUT2D eigenvalue weighted by Crippen LogP contribution is 2.33. The zero-order chi connectivity index (χ0) is 16.3. The normalized spacial score (nSPS) is 11.7. The number of hydrogen-bond acceptors (Lipinski definition) is 4. The number of methoxy groups -OCH3 is 1. The summed E-state index contributed by atoms with van der Waals surface area (Å²) in [4.78, 5) is 13.2. The van der Waals surface area contributed by atoms with E-state index < -0.39 is 0 Å². The second-order valence-corrected chi connectivity index (χ2v) is 7.29. The van der Waals surface area contributed by atoms with Gasteiger partial charge in [-0.15, -0.1) is 11.3 Å². The van der Waals surface area contributed by atoms with Crippen molar-refractivity contribution < 1.29 is 14.6 Å². The molecule has 0 saturated carbocycles. The van der Waals surface area contributed by atoms with E-state index in [2.05, 4.69) is 5.32 Å². The molecule has 0 aliphatic rings. The highest BCUT2D eigenvalue weighted by molar-refractivity contribution is 7.21. The number of aryl methyl sites for hydroxylation is 1. The molecule has 0 aliphatic heterocycles. The van der Waals surface area contributed by atoms with Crippen LogP contribution in [0.2, 0.25) is 0 Å². The third-order valence-corrected chi connectivity index (χ3v) is 5.14. The van der Waals surface area contributed by atoms with Crippen molar-refractivity contribution in [2.45, 2.75) is 27.2 Å². The van der Waals surface area contributed by atoms with Gasteiger partial charge in [0.2, 0.25) is 0 Å². The Kier molecular flexibility index (Phi) is 5.08. The van der Waals surface area contributed by atoms with Gasteiger partial charge in [-0.2, -0.15) is 0 Å². The van der Waals surface area contributed by atoms with Crippen LogP contribution in [0.1, 0.15) is 35.5 Å². The van der Waals surface area contributed by atoms with Gasteiger partial charge in [0.15, 0.2) is 0 Å². The van der Waals surface area contributed by atoms with Crippen molar-refractivity contribution in [3.63, 3.8) is 0 Å². The largest absolute Gasteiger partial charge is 0.497 e. The number of aliphatic hydroxyl groups excluding tert-OH is 1. The van der Waals surface area contributed by atoms with E-state index in [0.717, 1.165) is 26.3 Å². The molecule has 0 unspecified atom stereocenters. The molecule has 1 aromatic heterocycles. The number of hydrogen-bond donors (Lipinski definition) is 2. The summed E-state index contributed by atoms with van der Waals surface area (Å²) >= 11 is 1.50. The number of carbonyl (C=O) groups is 1. The average molecular weight is 321 g/mol. The van der Waals surface area contributed by atoms with Gasteiger partial charge in [-0.25, -0.2) is 0 Å². The first-order valence-electron chi connectivity index (χ1n) is 7.34. The Morgan fingerprint density at radius 1 is 1.41 bits per heavy atom. The molecule has 22 heavy (non-hydrogen) atoms. The summed E-state index contributed by atoms with van der Waals surface area (Å²) in [6.07, 6.45) is 0.663. The lowest BCUT2D eigenvalue weighted by Gasteiger charge is -2.23. The highest BCUT2D eigenvalue weighted by atomic mass is 32.1. The van der Waals surface area contributed by atoms with Crippen molar-refractivity contribution in [3.8, 4) is 5.75 Å². The van der Waals surface area contributed by atoms with E-state index in [1.165, 1.54) is 11.3 Å². The van der Waals surface area contributed by atoms with Crippen LogP contribution in [0.25, 0.3) is 10.1 Å². The minimum Gasteiger partial charge on any atom is -0.497 e. The molecule has 120 valence electrons. The summed E-state index contributed by atoms with van der Waals surface area (Å²) in [5.74, 6) is 0.744. The molecule has 0 fully saturated rings. The maximum absolute atomic E-state index is 12.4. The molecule has 0 radical (unpaired) electrons. The van der Waals surface area contributed by atoms with Crippen LogP contribution in [0, 0.1) is 12.3 Å². The van der Waals surface area contributed by atoms with Crippen LogP contribution in [0.3, 0.4) is 0 Å². The summed E-state index contributed by atoms with van der Waals surface area (Å²) in [6, 6.07) is 5.86. The van der Waals surface area contributed by atoms with Crippen molar-refractivity contribution >= 4 is 27.3 Å². The lowest BCUT2D eigenvalue weighted by molar-refractivity contribution is 0.0932. The molecule has 0 saturated heterocycles. The molecule has 2 N–H and O–H groups in total. The summed E-state index contributed by atoms with van der Waals surface area (Å²) in [5, 5.41) is 13.1. The predicted molar refractivity (Wildman–Crippen MR) is 90.9 cm³/mol. The van der Waals surface area contributed by atoms with Crippen LogP contribution in [0.4, 0.5) is 0 Å². The van der Waals surface area contributed by atoms with E-state index in [1.807, 2.05) is 39.0 Å². The molecule has 1 amide bonds. The van der Waals surface area contributed by atoms with Gasteiger partial charge in [0.05, 0.1) is 12.0 Å². The maximum atomic E-state index is 12.4. The molecule has 0 atom stereocenters. The predicted octanol–water partition coefficient (Wildman–Crippen LogP) is 3.36. The second-order valence-electron chi connectivity index (χ2n) is 6.24. The van der Waals surface area contributed by atoms with Gasteiger partial charge in [-0.05, 0) is 47.9 Å². The van der Waals surface area contributed by atoms with Crippen molar-refractivity contribution in [3.05, 3.63) is 28.6 Å². The van der Waals surface area contributed by atoms with Crippen molar-refractivity contribution in [1.29, 1.82) is 0 Å². The second kappa shape index (κ2) is 6.67. The molecule has 0 aliphatic carbocycles. The molecule has 2 rings (SSSR count). The van der Waals surface area contributed by atoms with Crippen molar-refractivity contribution in [2.75, 3.05) is 20.3 Å². The van der Waals surface area contributed by atoms with Crippen LogP contribution in [-0.2, 0) is 0 Å². The van der Waals surface area contributed by atoms with E-state index in [1.54, 1.807) is 7.11 Å². The van der Waals surface area contributed by atoms with Gasteiger partial charge in [0.1, 0.15) is 5.75 Å². The number of thiophene rings is 1. The van der Waals surface area contributed by atoms with Gasteiger partial charge in [0.25, 0.3) is 5.91 Å². The van der Waals surface area contributed by atoms with Crippen LogP contribution in [-0.4, -0.2) is 31.3 Å². The van der Waals surface area contributed by atoms with Gasteiger partial charge in [0, 0.05) is 17.9 Å². The van der Waals surface area contributed by atoms with Gasteiger partial charge in [-0.3, -0.25) is 4.79 Å². The summed E-state index contributed by atoms with van der Waals surface area (Å²) in [7, 11) is 1.64.